The highest BCUT2D eigenvalue weighted by molar-refractivity contribution is 5.93. The molecule has 3 aromatic rings. The Hall–Kier alpha value is -2.86. The van der Waals surface area contributed by atoms with Crippen molar-refractivity contribution in [3.63, 3.8) is 0 Å². The number of rotatable bonds is 3. The SMILES string of the molecule is N#Cc1cc(CNc2cccc3ccccc23)ccn1. The van der Waals surface area contributed by atoms with E-state index in [0.717, 1.165) is 11.3 Å². The van der Waals surface area contributed by atoms with Crippen LogP contribution >= 0.6 is 0 Å². The van der Waals surface area contributed by atoms with Crippen LogP contribution in [-0.4, -0.2) is 4.98 Å². The third-order valence-electron chi connectivity index (χ3n) is 3.21. The van der Waals surface area contributed by atoms with Crippen molar-refractivity contribution in [2.75, 3.05) is 5.32 Å². The molecule has 3 rings (SSSR count). The molecule has 0 aliphatic carbocycles. The molecule has 3 nitrogen and oxygen atoms in total. The van der Waals surface area contributed by atoms with Gasteiger partial charge in [-0.1, -0.05) is 36.4 Å². The van der Waals surface area contributed by atoms with Crippen molar-refractivity contribution in [2.45, 2.75) is 6.54 Å². The van der Waals surface area contributed by atoms with Gasteiger partial charge >= 0.3 is 0 Å². The number of anilines is 1. The summed E-state index contributed by atoms with van der Waals surface area (Å²) >= 11 is 0. The van der Waals surface area contributed by atoms with Crippen LogP contribution in [0.25, 0.3) is 10.8 Å². The molecule has 0 unspecified atom stereocenters. The average Bonchev–Trinajstić information content (AvgIpc) is 2.53. The fraction of sp³-hybridized carbons (Fsp3) is 0.0588. The van der Waals surface area contributed by atoms with Crippen molar-refractivity contribution in [3.8, 4) is 6.07 Å². The molecule has 1 N–H and O–H groups in total. The van der Waals surface area contributed by atoms with Gasteiger partial charge in [0.05, 0.1) is 0 Å². The van der Waals surface area contributed by atoms with Gasteiger partial charge in [0.25, 0.3) is 0 Å². The number of nitrogens with zero attached hydrogens (tertiary/aromatic N) is 2. The van der Waals surface area contributed by atoms with Gasteiger partial charge < -0.3 is 5.32 Å². The Bertz CT molecular complexity index is 782. The second-order valence-corrected chi connectivity index (χ2v) is 4.54. The average molecular weight is 259 g/mol. The fourth-order valence-corrected chi connectivity index (χ4v) is 2.22. The minimum atomic E-state index is 0.446. The highest BCUT2D eigenvalue weighted by Crippen LogP contribution is 2.23. The van der Waals surface area contributed by atoms with Crippen molar-refractivity contribution in [2.24, 2.45) is 0 Å². The Labute approximate surface area is 117 Å². The van der Waals surface area contributed by atoms with Crippen LogP contribution in [-0.2, 0) is 6.54 Å². The van der Waals surface area contributed by atoms with E-state index in [1.54, 1.807) is 12.3 Å². The van der Waals surface area contributed by atoms with Crippen molar-refractivity contribution in [1.29, 1.82) is 5.26 Å². The molecule has 0 bridgehead atoms. The second-order valence-electron chi connectivity index (χ2n) is 4.54. The summed E-state index contributed by atoms with van der Waals surface area (Å²) in [7, 11) is 0. The van der Waals surface area contributed by atoms with Gasteiger partial charge in [0.1, 0.15) is 11.8 Å². The first-order chi connectivity index (χ1) is 9.86. The molecular formula is C17H13N3. The lowest BCUT2D eigenvalue weighted by Crippen LogP contribution is -2.00. The molecule has 1 heterocycles. The first-order valence-corrected chi connectivity index (χ1v) is 6.43. The van der Waals surface area contributed by atoms with Gasteiger partial charge in [-0.25, -0.2) is 4.98 Å². The molecule has 1 aromatic heterocycles. The lowest BCUT2D eigenvalue weighted by Gasteiger charge is -2.09. The topological polar surface area (TPSA) is 48.7 Å². The van der Waals surface area contributed by atoms with E-state index in [0.29, 0.717) is 12.2 Å². The Morgan fingerprint density at radius 1 is 1.05 bits per heavy atom. The number of hydrogen-bond acceptors (Lipinski definition) is 3. The minimum Gasteiger partial charge on any atom is -0.380 e. The number of pyridine rings is 1. The lowest BCUT2D eigenvalue weighted by molar-refractivity contribution is 1.12. The fourth-order valence-electron chi connectivity index (χ4n) is 2.22. The summed E-state index contributed by atoms with van der Waals surface area (Å²) in [4.78, 5) is 3.97. The van der Waals surface area contributed by atoms with Crippen LogP contribution in [0.5, 0.6) is 0 Å². The molecule has 0 amide bonds. The zero-order chi connectivity index (χ0) is 13.8. The molecule has 0 saturated heterocycles. The van der Waals surface area contributed by atoms with Gasteiger partial charge in [-0.3, -0.25) is 0 Å². The Morgan fingerprint density at radius 3 is 2.80 bits per heavy atom. The van der Waals surface area contributed by atoms with E-state index in [1.807, 2.05) is 24.3 Å². The maximum atomic E-state index is 8.86. The quantitative estimate of drug-likeness (QED) is 0.779. The molecule has 0 radical (unpaired) electrons. The number of benzene rings is 2. The first-order valence-electron chi connectivity index (χ1n) is 6.43. The molecule has 96 valence electrons. The summed E-state index contributed by atoms with van der Waals surface area (Å²) in [6.07, 6.45) is 1.67. The van der Waals surface area contributed by atoms with E-state index in [2.05, 4.69) is 40.6 Å². The van der Waals surface area contributed by atoms with Crippen molar-refractivity contribution < 1.29 is 0 Å². The monoisotopic (exact) mass is 259 g/mol. The van der Waals surface area contributed by atoms with Crippen molar-refractivity contribution in [3.05, 3.63) is 72.1 Å². The smallest absolute Gasteiger partial charge is 0.140 e. The molecule has 3 heteroatoms. The molecule has 0 saturated carbocycles. The van der Waals surface area contributed by atoms with Crippen LogP contribution in [0.3, 0.4) is 0 Å². The molecule has 0 aliphatic rings. The van der Waals surface area contributed by atoms with Crippen LogP contribution in [0.2, 0.25) is 0 Å². The Balaban J connectivity index is 1.85. The molecular weight excluding hydrogens is 246 g/mol. The van der Waals surface area contributed by atoms with Crippen LogP contribution in [0.4, 0.5) is 5.69 Å². The number of hydrogen-bond donors (Lipinski definition) is 1. The summed E-state index contributed by atoms with van der Waals surface area (Å²) in [5.41, 5.74) is 2.59. The molecule has 0 aliphatic heterocycles. The third kappa shape index (κ3) is 2.45. The van der Waals surface area contributed by atoms with E-state index >= 15 is 0 Å². The zero-order valence-electron chi connectivity index (χ0n) is 10.9. The highest BCUT2D eigenvalue weighted by Gasteiger charge is 2.01. The summed E-state index contributed by atoms with van der Waals surface area (Å²) in [5.74, 6) is 0. The van der Waals surface area contributed by atoms with Gasteiger partial charge in [0.15, 0.2) is 0 Å². The minimum absolute atomic E-state index is 0.446. The normalized spacial score (nSPS) is 10.2. The summed E-state index contributed by atoms with van der Waals surface area (Å²) < 4.78 is 0. The Morgan fingerprint density at radius 2 is 1.90 bits per heavy atom. The first kappa shape index (κ1) is 12.2. The van der Waals surface area contributed by atoms with Gasteiger partial charge in [-0.15, -0.1) is 0 Å². The molecule has 20 heavy (non-hydrogen) atoms. The predicted molar refractivity (Wildman–Crippen MR) is 80.2 cm³/mol. The van der Waals surface area contributed by atoms with E-state index in [4.69, 9.17) is 5.26 Å². The van der Waals surface area contributed by atoms with E-state index in [-0.39, 0.29) is 0 Å². The van der Waals surface area contributed by atoms with Gasteiger partial charge in [0, 0.05) is 23.8 Å². The summed E-state index contributed by atoms with van der Waals surface area (Å²) in [6.45, 7) is 0.672. The van der Waals surface area contributed by atoms with Gasteiger partial charge in [0.2, 0.25) is 0 Å². The molecule has 0 fully saturated rings. The Kier molecular flexibility index (Phi) is 3.30. The second kappa shape index (κ2) is 5.41. The predicted octanol–water partition coefficient (Wildman–Crippen LogP) is 3.72. The number of nitriles is 1. The largest absolute Gasteiger partial charge is 0.380 e. The van der Waals surface area contributed by atoms with E-state index in [1.165, 1.54) is 10.8 Å². The van der Waals surface area contributed by atoms with Gasteiger partial charge in [-0.05, 0) is 29.1 Å². The van der Waals surface area contributed by atoms with E-state index < -0.39 is 0 Å². The standard InChI is InChI=1S/C17H13N3/c18-11-15-10-13(8-9-19-15)12-20-17-7-3-5-14-4-1-2-6-16(14)17/h1-10,20H,12H2. The zero-order valence-corrected chi connectivity index (χ0v) is 10.9. The van der Waals surface area contributed by atoms with Crippen LogP contribution in [0.1, 0.15) is 11.3 Å². The van der Waals surface area contributed by atoms with Crippen molar-refractivity contribution >= 4 is 16.5 Å². The summed E-state index contributed by atoms with van der Waals surface area (Å²) in [5, 5.41) is 14.7. The summed E-state index contributed by atoms with van der Waals surface area (Å²) in [6, 6.07) is 20.2. The number of nitrogens with one attached hydrogen (secondary N) is 1. The third-order valence-corrected chi connectivity index (χ3v) is 3.21. The van der Waals surface area contributed by atoms with E-state index in [9.17, 15) is 0 Å². The van der Waals surface area contributed by atoms with Crippen LogP contribution in [0.15, 0.2) is 60.8 Å². The number of fused-ring (bicyclic) bond motifs is 1. The van der Waals surface area contributed by atoms with Crippen LogP contribution in [0, 0.1) is 11.3 Å². The highest BCUT2D eigenvalue weighted by atomic mass is 14.9. The van der Waals surface area contributed by atoms with Gasteiger partial charge in [-0.2, -0.15) is 5.26 Å². The maximum Gasteiger partial charge on any atom is 0.140 e. The molecule has 2 aromatic carbocycles. The molecule has 0 spiro atoms. The lowest BCUT2D eigenvalue weighted by atomic mass is 10.1. The molecule has 0 atom stereocenters. The maximum absolute atomic E-state index is 8.86. The van der Waals surface area contributed by atoms with Crippen molar-refractivity contribution in [1.82, 2.24) is 4.98 Å². The van der Waals surface area contributed by atoms with Crippen LogP contribution < -0.4 is 5.32 Å². The number of aromatic nitrogens is 1.